The molecule has 0 bridgehead atoms. The molecule has 0 saturated carbocycles. The maximum absolute atomic E-state index is 13.0. The van der Waals surface area contributed by atoms with E-state index in [9.17, 15) is 4.39 Å². The maximum atomic E-state index is 13.0. The molecule has 0 aliphatic carbocycles. The van der Waals surface area contributed by atoms with E-state index in [0.717, 1.165) is 22.9 Å². The summed E-state index contributed by atoms with van der Waals surface area (Å²) in [6, 6.07) is 5.11. The van der Waals surface area contributed by atoms with Crippen LogP contribution in [0.3, 0.4) is 0 Å². The molecule has 0 heterocycles. The number of halogens is 2. The van der Waals surface area contributed by atoms with Gasteiger partial charge in [0.25, 0.3) is 0 Å². The molecule has 1 unspecified atom stereocenters. The molecule has 1 N–H and O–H groups in total. The summed E-state index contributed by atoms with van der Waals surface area (Å²) in [5.41, 5.74) is 0.933. The SMILES string of the molecule is CNC(Cc1ccc(F)cc1Br)CC(C)(C)OC. The summed E-state index contributed by atoms with van der Waals surface area (Å²) >= 11 is 3.40. The van der Waals surface area contributed by atoms with Crippen LogP contribution in [0.1, 0.15) is 25.8 Å². The molecule has 2 nitrogen and oxygen atoms in total. The average molecular weight is 318 g/mol. The largest absolute Gasteiger partial charge is 0.379 e. The number of hydrogen-bond donors (Lipinski definition) is 1. The van der Waals surface area contributed by atoms with Gasteiger partial charge >= 0.3 is 0 Å². The fourth-order valence-electron chi connectivity index (χ4n) is 1.91. The van der Waals surface area contributed by atoms with E-state index in [4.69, 9.17) is 4.74 Å². The molecule has 18 heavy (non-hydrogen) atoms. The van der Waals surface area contributed by atoms with E-state index in [0.29, 0.717) is 6.04 Å². The smallest absolute Gasteiger partial charge is 0.124 e. The van der Waals surface area contributed by atoms with Crippen molar-refractivity contribution in [3.8, 4) is 0 Å². The third-order valence-electron chi connectivity index (χ3n) is 3.18. The molecule has 0 aliphatic heterocycles. The number of ether oxygens (including phenoxy) is 1. The summed E-state index contributed by atoms with van der Waals surface area (Å²) in [5, 5.41) is 3.29. The zero-order chi connectivity index (χ0) is 13.8. The Morgan fingerprint density at radius 1 is 1.44 bits per heavy atom. The number of likely N-dealkylation sites (N-methyl/N-ethyl adjacent to an activating group) is 1. The third-order valence-corrected chi connectivity index (χ3v) is 3.92. The van der Waals surface area contributed by atoms with Crippen LogP contribution in [0.5, 0.6) is 0 Å². The number of methoxy groups -OCH3 is 1. The minimum atomic E-state index is -0.219. The predicted molar refractivity (Wildman–Crippen MR) is 76.4 cm³/mol. The first kappa shape index (κ1) is 15.6. The van der Waals surface area contributed by atoms with Crippen LogP contribution in [-0.4, -0.2) is 25.8 Å². The van der Waals surface area contributed by atoms with Crippen LogP contribution in [0.25, 0.3) is 0 Å². The monoisotopic (exact) mass is 317 g/mol. The van der Waals surface area contributed by atoms with Gasteiger partial charge in [-0.2, -0.15) is 0 Å². The van der Waals surface area contributed by atoms with Crippen LogP contribution < -0.4 is 5.32 Å². The lowest BCUT2D eigenvalue weighted by atomic mass is 9.94. The van der Waals surface area contributed by atoms with Crippen molar-refractivity contribution in [1.82, 2.24) is 5.32 Å². The average Bonchev–Trinajstić information content (AvgIpc) is 2.31. The summed E-state index contributed by atoms with van der Waals surface area (Å²) < 4.78 is 19.3. The van der Waals surface area contributed by atoms with Crippen LogP contribution in [0.2, 0.25) is 0 Å². The first-order valence-electron chi connectivity index (χ1n) is 6.04. The van der Waals surface area contributed by atoms with Crippen molar-refractivity contribution in [3.63, 3.8) is 0 Å². The molecule has 0 amide bonds. The van der Waals surface area contributed by atoms with Gasteiger partial charge in [-0.15, -0.1) is 0 Å². The molecule has 0 fully saturated rings. The summed E-state index contributed by atoms with van der Waals surface area (Å²) in [6.45, 7) is 4.13. The summed E-state index contributed by atoms with van der Waals surface area (Å²) in [6.07, 6.45) is 1.73. The Hall–Kier alpha value is -0.450. The van der Waals surface area contributed by atoms with Crippen LogP contribution in [0.4, 0.5) is 4.39 Å². The maximum Gasteiger partial charge on any atom is 0.124 e. The van der Waals surface area contributed by atoms with E-state index in [1.807, 2.05) is 13.1 Å². The lowest BCUT2D eigenvalue weighted by molar-refractivity contribution is 0.00771. The van der Waals surface area contributed by atoms with Gasteiger partial charge in [0.1, 0.15) is 5.82 Å². The second kappa shape index (κ2) is 6.64. The van der Waals surface area contributed by atoms with Crippen molar-refractivity contribution in [2.24, 2.45) is 0 Å². The van der Waals surface area contributed by atoms with Gasteiger partial charge in [-0.05, 0) is 51.4 Å². The summed E-state index contributed by atoms with van der Waals surface area (Å²) in [5.74, 6) is -0.219. The summed E-state index contributed by atoms with van der Waals surface area (Å²) in [7, 11) is 3.66. The van der Waals surface area contributed by atoms with Gasteiger partial charge in [-0.25, -0.2) is 4.39 Å². The highest BCUT2D eigenvalue weighted by molar-refractivity contribution is 9.10. The molecule has 0 spiro atoms. The Kier molecular flexibility index (Phi) is 5.76. The molecule has 4 heteroatoms. The molecule has 1 aromatic rings. The molecule has 1 atom stereocenters. The minimum absolute atomic E-state index is 0.166. The van der Waals surface area contributed by atoms with Crippen molar-refractivity contribution in [2.75, 3.05) is 14.2 Å². The third kappa shape index (κ3) is 4.67. The van der Waals surface area contributed by atoms with Gasteiger partial charge in [-0.3, -0.25) is 0 Å². The fraction of sp³-hybridized carbons (Fsp3) is 0.571. The molecular weight excluding hydrogens is 297 g/mol. The Balaban J connectivity index is 2.74. The van der Waals surface area contributed by atoms with Gasteiger partial charge < -0.3 is 10.1 Å². The molecule has 1 rings (SSSR count). The normalized spacial score (nSPS) is 13.7. The van der Waals surface area contributed by atoms with E-state index in [1.54, 1.807) is 7.11 Å². The Morgan fingerprint density at radius 3 is 2.61 bits per heavy atom. The highest BCUT2D eigenvalue weighted by Crippen LogP contribution is 2.23. The number of rotatable bonds is 6. The molecule has 102 valence electrons. The van der Waals surface area contributed by atoms with Crippen LogP contribution in [0.15, 0.2) is 22.7 Å². The molecule has 1 aromatic carbocycles. The zero-order valence-corrected chi connectivity index (χ0v) is 13.0. The van der Waals surface area contributed by atoms with E-state index in [1.165, 1.54) is 12.1 Å². The Bertz CT molecular complexity index is 395. The minimum Gasteiger partial charge on any atom is -0.379 e. The summed E-state index contributed by atoms with van der Waals surface area (Å²) in [4.78, 5) is 0. The second-order valence-electron chi connectivity index (χ2n) is 5.09. The second-order valence-corrected chi connectivity index (χ2v) is 5.95. The van der Waals surface area contributed by atoms with Crippen LogP contribution in [-0.2, 0) is 11.2 Å². The van der Waals surface area contributed by atoms with Crippen molar-refractivity contribution >= 4 is 15.9 Å². The zero-order valence-electron chi connectivity index (χ0n) is 11.4. The van der Waals surface area contributed by atoms with Gasteiger partial charge in [0.15, 0.2) is 0 Å². The topological polar surface area (TPSA) is 21.3 Å². The predicted octanol–water partition coefficient (Wildman–Crippen LogP) is 3.53. The van der Waals surface area contributed by atoms with Gasteiger partial charge in [0.2, 0.25) is 0 Å². The van der Waals surface area contributed by atoms with E-state index in [-0.39, 0.29) is 11.4 Å². The van der Waals surface area contributed by atoms with E-state index < -0.39 is 0 Å². The highest BCUT2D eigenvalue weighted by atomic mass is 79.9. The quantitative estimate of drug-likeness (QED) is 0.866. The molecular formula is C14H21BrFNO. The van der Waals surface area contributed by atoms with Crippen molar-refractivity contribution in [2.45, 2.75) is 38.3 Å². The highest BCUT2D eigenvalue weighted by Gasteiger charge is 2.22. The number of hydrogen-bond acceptors (Lipinski definition) is 2. The van der Waals surface area contributed by atoms with Crippen molar-refractivity contribution in [1.29, 1.82) is 0 Å². The Morgan fingerprint density at radius 2 is 2.11 bits per heavy atom. The van der Waals surface area contributed by atoms with Gasteiger partial charge in [0, 0.05) is 17.6 Å². The van der Waals surface area contributed by atoms with Crippen LogP contribution in [0, 0.1) is 5.82 Å². The van der Waals surface area contributed by atoms with Crippen LogP contribution >= 0.6 is 15.9 Å². The number of nitrogens with one attached hydrogen (secondary N) is 1. The van der Waals surface area contributed by atoms with E-state index >= 15 is 0 Å². The fourth-order valence-corrected chi connectivity index (χ4v) is 2.42. The van der Waals surface area contributed by atoms with Crippen molar-refractivity contribution in [3.05, 3.63) is 34.1 Å². The molecule has 0 aliphatic rings. The first-order valence-corrected chi connectivity index (χ1v) is 6.83. The molecule has 0 aromatic heterocycles. The molecule has 0 saturated heterocycles. The Labute approximate surface area is 117 Å². The van der Waals surface area contributed by atoms with Gasteiger partial charge in [0.05, 0.1) is 5.60 Å². The number of benzene rings is 1. The lowest BCUT2D eigenvalue weighted by Gasteiger charge is -2.28. The van der Waals surface area contributed by atoms with E-state index in [2.05, 4.69) is 35.1 Å². The first-order chi connectivity index (χ1) is 8.38. The lowest BCUT2D eigenvalue weighted by Crippen LogP contribution is -2.37. The van der Waals surface area contributed by atoms with Crippen molar-refractivity contribution < 1.29 is 9.13 Å². The standard InChI is InChI=1S/C14H21BrFNO/c1-14(2,18-4)9-12(17-3)7-10-5-6-11(16)8-13(10)15/h5-6,8,12,17H,7,9H2,1-4H3. The molecule has 0 radical (unpaired) electrons. The van der Waals surface area contributed by atoms with Gasteiger partial charge in [-0.1, -0.05) is 22.0 Å².